The number of carbonyl (C=O) groups excluding carboxylic acids is 2. The fourth-order valence-corrected chi connectivity index (χ4v) is 4.32. The van der Waals surface area contributed by atoms with Crippen LogP contribution in [0.15, 0.2) is 72.8 Å². The summed E-state index contributed by atoms with van der Waals surface area (Å²) in [5, 5.41) is 3.01. The van der Waals surface area contributed by atoms with Crippen LogP contribution in [0.4, 0.5) is 13.2 Å². The van der Waals surface area contributed by atoms with Gasteiger partial charge in [-0.3, -0.25) is 9.59 Å². The van der Waals surface area contributed by atoms with E-state index in [2.05, 4.69) is 5.32 Å². The molecule has 4 rings (SSSR count). The zero-order chi connectivity index (χ0) is 24.3. The van der Waals surface area contributed by atoms with Gasteiger partial charge in [-0.2, -0.15) is 13.2 Å². The van der Waals surface area contributed by atoms with E-state index in [-0.39, 0.29) is 5.91 Å². The molecule has 0 fully saturated rings. The number of rotatable bonds is 5. The van der Waals surface area contributed by atoms with E-state index in [0.29, 0.717) is 42.5 Å². The Morgan fingerprint density at radius 3 is 2.35 bits per heavy atom. The van der Waals surface area contributed by atoms with Crippen LogP contribution < -0.4 is 5.32 Å². The van der Waals surface area contributed by atoms with Crippen molar-refractivity contribution in [1.82, 2.24) is 10.2 Å². The fraction of sp³-hybridized carbons (Fsp3) is 0.259. The second-order valence-electron chi connectivity index (χ2n) is 8.28. The van der Waals surface area contributed by atoms with Crippen LogP contribution in [0, 0.1) is 0 Å². The number of nitrogens with zero attached hydrogens (tertiary/aromatic N) is 1. The molecule has 1 aliphatic heterocycles. The minimum Gasteiger partial charge on any atom is -0.328 e. The van der Waals surface area contributed by atoms with E-state index in [9.17, 15) is 22.8 Å². The van der Waals surface area contributed by atoms with E-state index in [0.717, 1.165) is 23.3 Å². The molecule has 3 aromatic rings. The topological polar surface area (TPSA) is 49.4 Å². The molecule has 0 saturated heterocycles. The van der Waals surface area contributed by atoms with Gasteiger partial charge in [0.05, 0.1) is 5.56 Å². The maximum Gasteiger partial charge on any atom is 0.416 e. The van der Waals surface area contributed by atoms with Crippen molar-refractivity contribution in [1.29, 1.82) is 0 Å². The van der Waals surface area contributed by atoms with Crippen molar-refractivity contribution in [3.63, 3.8) is 0 Å². The summed E-state index contributed by atoms with van der Waals surface area (Å²) in [6.07, 6.45) is -3.25. The van der Waals surface area contributed by atoms with E-state index in [4.69, 9.17) is 0 Å². The summed E-state index contributed by atoms with van der Waals surface area (Å²) >= 11 is 0. The maximum atomic E-state index is 13.4. The average Bonchev–Trinajstić information content (AvgIpc) is 2.84. The van der Waals surface area contributed by atoms with Crippen LogP contribution in [0.25, 0.3) is 11.1 Å². The standard InChI is InChI=1S/C27H25F3N2O2/c1-2-7-24(33)32-17-16-18-8-3-4-10-22(18)25(32)31-26(34)23-11-6-5-9-21(23)19-12-14-20(15-13-19)27(28,29)30/h3-6,8-15,25H,2,7,16-17H2,1H3,(H,31,34). The molecule has 0 radical (unpaired) electrons. The molecule has 0 spiro atoms. The van der Waals surface area contributed by atoms with E-state index in [1.54, 1.807) is 29.2 Å². The Kier molecular flexibility index (Phi) is 6.72. The maximum absolute atomic E-state index is 13.4. The van der Waals surface area contributed by atoms with Gasteiger partial charge in [0, 0.05) is 18.5 Å². The van der Waals surface area contributed by atoms with Gasteiger partial charge in [0.2, 0.25) is 5.91 Å². The summed E-state index contributed by atoms with van der Waals surface area (Å²) in [4.78, 5) is 28.0. The van der Waals surface area contributed by atoms with E-state index >= 15 is 0 Å². The van der Waals surface area contributed by atoms with Crippen LogP contribution in [0.5, 0.6) is 0 Å². The monoisotopic (exact) mass is 466 g/mol. The summed E-state index contributed by atoms with van der Waals surface area (Å²) in [5.41, 5.74) is 2.55. The molecule has 7 heteroatoms. The molecular formula is C27H25F3N2O2. The smallest absolute Gasteiger partial charge is 0.328 e. The lowest BCUT2D eigenvalue weighted by Gasteiger charge is -2.38. The fourth-order valence-electron chi connectivity index (χ4n) is 4.32. The van der Waals surface area contributed by atoms with Crippen molar-refractivity contribution >= 4 is 11.8 Å². The summed E-state index contributed by atoms with van der Waals surface area (Å²) in [5.74, 6) is -0.426. The minimum absolute atomic E-state index is 0.0293. The summed E-state index contributed by atoms with van der Waals surface area (Å²) < 4.78 is 38.9. The van der Waals surface area contributed by atoms with Crippen molar-refractivity contribution in [2.75, 3.05) is 6.54 Å². The highest BCUT2D eigenvalue weighted by Gasteiger charge is 2.32. The third-order valence-corrected chi connectivity index (χ3v) is 6.03. The molecule has 0 aromatic heterocycles. The SMILES string of the molecule is CCCC(=O)N1CCc2ccccc2C1NC(=O)c1ccccc1-c1ccc(C(F)(F)F)cc1. The number of alkyl halides is 3. The zero-order valence-electron chi connectivity index (χ0n) is 18.7. The zero-order valence-corrected chi connectivity index (χ0v) is 18.7. The van der Waals surface area contributed by atoms with E-state index < -0.39 is 23.8 Å². The number of fused-ring (bicyclic) bond motifs is 1. The minimum atomic E-state index is -4.43. The van der Waals surface area contributed by atoms with Crippen LogP contribution in [0.3, 0.4) is 0 Å². The predicted molar refractivity (Wildman–Crippen MR) is 124 cm³/mol. The highest BCUT2D eigenvalue weighted by atomic mass is 19.4. The first-order chi connectivity index (χ1) is 16.3. The molecule has 176 valence electrons. The largest absolute Gasteiger partial charge is 0.416 e. The molecule has 0 saturated carbocycles. The van der Waals surface area contributed by atoms with Gasteiger partial charge in [0.1, 0.15) is 6.17 Å². The first kappa shape index (κ1) is 23.5. The Morgan fingerprint density at radius 2 is 1.65 bits per heavy atom. The van der Waals surface area contributed by atoms with Gasteiger partial charge in [-0.1, -0.05) is 61.5 Å². The first-order valence-corrected chi connectivity index (χ1v) is 11.2. The number of hydrogen-bond acceptors (Lipinski definition) is 2. The second-order valence-corrected chi connectivity index (χ2v) is 8.28. The van der Waals surface area contributed by atoms with Crippen LogP contribution in [0.2, 0.25) is 0 Å². The molecule has 34 heavy (non-hydrogen) atoms. The molecule has 2 amide bonds. The normalized spacial score (nSPS) is 15.5. The van der Waals surface area contributed by atoms with Crippen LogP contribution in [0.1, 0.15) is 53.0 Å². The Labute approximate surface area is 196 Å². The van der Waals surface area contributed by atoms with Gasteiger partial charge in [0.15, 0.2) is 0 Å². The van der Waals surface area contributed by atoms with Crippen molar-refractivity contribution in [2.45, 2.75) is 38.5 Å². The molecule has 4 nitrogen and oxygen atoms in total. The highest BCUT2D eigenvalue weighted by Crippen LogP contribution is 2.33. The number of carbonyl (C=O) groups is 2. The predicted octanol–water partition coefficient (Wildman–Crippen LogP) is 5.99. The molecule has 1 heterocycles. The molecule has 0 bridgehead atoms. The Balaban J connectivity index is 1.66. The summed E-state index contributed by atoms with van der Waals surface area (Å²) in [7, 11) is 0. The first-order valence-electron chi connectivity index (χ1n) is 11.2. The number of halogens is 3. The van der Waals surface area contributed by atoms with Gasteiger partial charge >= 0.3 is 6.18 Å². The highest BCUT2D eigenvalue weighted by molar-refractivity contribution is 6.01. The number of benzene rings is 3. The van der Waals surface area contributed by atoms with Crippen molar-refractivity contribution < 1.29 is 22.8 Å². The molecule has 3 aromatic carbocycles. The van der Waals surface area contributed by atoms with Crippen molar-refractivity contribution in [2.24, 2.45) is 0 Å². The Bertz CT molecular complexity index is 1190. The number of nitrogens with one attached hydrogen (secondary N) is 1. The molecule has 1 aliphatic rings. The Morgan fingerprint density at radius 1 is 0.971 bits per heavy atom. The lowest BCUT2D eigenvalue weighted by atomic mass is 9.95. The number of hydrogen-bond donors (Lipinski definition) is 1. The molecule has 1 atom stereocenters. The van der Waals surface area contributed by atoms with Gasteiger partial charge in [0.25, 0.3) is 5.91 Å². The van der Waals surface area contributed by atoms with Crippen molar-refractivity contribution in [3.05, 3.63) is 95.1 Å². The third-order valence-electron chi connectivity index (χ3n) is 6.03. The quantitative estimate of drug-likeness (QED) is 0.503. The molecule has 0 aliphatic carbocycles. The molecule has 1 unspecified atom stereocenters. The van der Waals surface area contributed by atoms with Gasteiger partial charge in [-0.25, -0.2) is 0 Å². The average molecular weight is 467 g/mol. The van der Waals surface area contributed by atoms with Gasteiger partial charge in [-0.05, 0) is 53.3 Å². The lowest BCUT2D eigenvalue weighted by Crippen LogP contribution is -2.48. The van der Waals surface area contributed by atoms with Crippen LogP contribution >= 0.6 is 0 Å². The number of amides is 2. The summed E-state index contributed by atoms with van der Waals surface area (Å²) in [6, 6.07) is 19.2. The van der Waals surface area contributed by atoms with Gasteiger partial charge in [-0.15, -0.1) is 0 Å². The molecule has 1 N–H and O–H groups in total. The van der Waals surface area contributed by atoms with E-state index in [1.807, 2.05) is 31.2 Å². The van der Waals surface area contributed by atoms with Crippen LogP contribution in [-0.2, 0) is 17.4 Å². The lowest BCUT2D eigenvalue weighted by molar-refractivity contribution is -0.137. The van der Waals surface area contributed by atoms with Gasteiger partial charge < -0.3 is 10.2 Å². The third kappa shape index (κ3) is 4.83. The second kappa shape index (κ2) is 9.71. The van der Waals surface area contributed by atoms with E-state index in [1.165, 1.54) is 12.1 Å². The summed E-state index contributed by atoms with van der Waals surface area (Å²) in [6.45, 7) is 2.44. The van der Waals surface area contributed by atoms with Crippen molar-refractivity contribution in [3.8, 4) is 11.1 Å². The van der Waals surface area contributed by atoms with Crippen LogP contribution in [-0.4, -0.2) is 23.3 Å². The Hall–Kier alpha value is -3.61. The molecular weight excluding hydrogens is 441 g/mol.